The molecule has 2 aromatic rings. The van der Waals surface area contributed by atoms with Crippen LogP contribution in [0.2, 0.25) is 0 Å². The molecule has 0 amide bonds. The number of ether oxygens (including phenoxy) is 1. The van der Waals surface area contributed by atoms with Gasteiger partial charge in [-0.15, -0.1) is 11.6 Å². The Bertz CT molecular complexity index is 525. The number of alkyl halides is 1. The smallest absolute Gasteiger partial charge is 0.219 e. The monoisotopic (exact) mass is 247 g/mol. The van der Waals surface area contributed by atoms with Crippen molar-refractivity contribution >= 4 is 11.6 Å². The standard InChI is InChI=1S/C14H14ClNO/c1-10-6-7-13(11(2)8-10)17-14-5-3-4-12(9-15)16-14/h3-8H,9H2,1-2H3. The molecule has 0 unspecified atom stereocenters. The summed E-state index contributed by atoms with van der Waals surface area (Å²) in [5, 5.41) is 0. The normalized spacial score (nSPS) is 10.3. The van der Waals surface area contributed by atoms with E-state index in [9.17, 15) is 0 Å². The van der Waals surface area contributed by atoms with E-state index in [1.54, 1.807) is 0 Å². The molecule has 2 nitrogen and oxygen atoms in total. The van der Waals surface area contributed by atoms with E-state index in [1.165, 1.54) is 5.56 Å². The van der Waals surface area contributed by atoms with Crippen LogP contribution in [-0.4, -0.2) is 4.98 Å². The average molecular weight is 248 g/mol. The van der Waals surface area contributed by atoms with Gasteiger partial charge < -0.3 is 4.74 Å². The predicted molar refractivity (Wildman–Crippen MR) is 69.8 cm³/mol. The fourth-order valence-electron chi connectivity index (χ4n) is 1.62. The Morgan fingerprint density at radius 3 is 2.71 bits per heavy atom. The van der Waals surface area contributed by atoms with Crippen LogP contribution in [0, 0.1) is 13.8 Å². The molecule has 0 aliphatic carbocycles. The van der Waals surface area contributed by atoms with Crippen LogP contribution in [0.15, 0.2) is 36.4 Å². The molecule has 1 aromatic carbocycles. The van der Waals surface area contributed by atoms with Crippen LogP contribution >= 0.6 is 11.6 Å². The Morgan fingerprint density at radius 2 is 2.00 bits per heavy atom. The maximum Gasteiger partial charge on any atom is 0.219 e. The van der Waals surface area contributed by atoms with Gasteiger partial charge in [0.15, 0.2) is 0 Å². The largest absolute Gasteiger partial charge is 0.439 e. The quantitative estimate of drug-likeness (QED) is 0.758. The number of hydrogen-bond acceptors (Lipinski definition) is 2. The summed E-state index contributed by atoms with van der Waals surface area (Å²) >= 11 is 5.74. The Kier molecular flexibility index (Phi) is 3.64. The third kappa shape index (κ3) is 2.98. The Labute approximate surface area is 106 Å². The van der Waals surface area contributed by atoms with Crippen molar-refractivity contribution in [3.05, 3.63) is 53.2 Å². The van der Waals surface area contributed by atoms with E-state index in [1.807, 2.05) is 37.3 Å². The molecule has 0 fully saturated rings. The van der Waals surface area contributed by atoms with Gasteiger partial charge in [-0.1, -0.05) is 23.8 Å². The third-order valence-corrected chi connectivity index (χ3v) is 2.74. The van der Waals surface area contributed by atoms with Gasteiger partial charge in [0.25, 0.3) is 0 Å². The number of benzene rings is 1. The van der Waals surface area contributed by atoms with Crippen LogP contribution in [0.1, 0.15) is 16.8 Å². The zero-order valence-electron chi connectivity index (χ0n) is 9.90. The first-order valence-electron chi connectivity index (χ1n) is 5.46. The van der Waals surface area contributed by atoms with Crippen molar-refractivity contribution in [2.45, 2.75) is 19.7 Å². The lowest BCUT2D eigenvalue weighted by Crippen LogP contribution is -1.93. The number of halogens is 1. The second-order valence-corrected chi connectivity index (χ2v) is 4.24. The predicted octanol–water partition coefficient (Wildman–Crippen LogP) is 4.23. The van der Waals surface area contributed by atoms with E-state index < -0.39 is 0 Å². The topological polar surface area (TPSA) is 22.1 Å². The van der Waals surface area contributed by atoms with Crippen molar-refractivity contribution in [2.24, 2.45) is 0 Å². The molecule has 0 saturated heterocycles. The molecule has 17 heavy (non-hydrogen) atoms. The van der Waals surface area contributed by atoms with Crippen molar-refractivity contribution in [3.63, 3.8) is 0 Å². The summed E-state index contributed by atoms with van der Waals surface area (Å²) in [7, 11) is 0. The maximum atomic E-state index is 5.74. The molecule has 1 aromatic heterocycles. The van der Waals surface area contributed by atoms with Crippen LogP contribution in [0.5, 0.6) is 11.6 Å². The highest BCUT2D eigenvalue weighted by Gasteiger charge is 2.03. The van der Waals surface area contributed by atoms with Gasteiger partial charge in [-0.25, -0.2) is 4.98 Å². The molecule has 2 rings (SSSR count). The van der Waals surface area contributed by atoms with Crippen molar-refractivity contribution < 1.29 is 4.74 Å². The molecule has 3 heteroatoms. The van der Waals surface area contributed by atoms with Gasteiger partial charge >= 0.3 is 0 Å². The minimum Gasteiger partial charge on any atom is -0.439 e. The Morgan fingerprint density at radius 1 is 1.18 bits per heavy atom. The van der Waals surface area contributed by atoms with Crippen LogP contribution in [0.25, 0.3) is 0 Å². The van der Waals surface area contributed by atoms with Gasteiger partial charge in [-0.05, 0) is 31.5 Å². The number of aryl methyl sites for hydroxylation is 2. The third-order valence-electron chi connectivity index (χ3n) is 2.46. The fraction of sp³-hybridized carbons (Fsp3) is 0.214. The van der Waals surface area contributed by atoms with Gasteiger partial charge in [0.05, 0.1) is 11.6 Å². The number of pyridine rings is 1. The Hall–Kier alpha value is -1.54. The van der Waals surface area contributed by atoms with E-state index in [-0.39, 0.29) is 0 Å². The van der Waals surface area contributed by atoms with E-state index in [0.717, 1.165) is 17.0 Å². The number of rotatable bonds is 3. The van der Waals surface area contributed by atoms with Gasteiger partial charge in [0.1, 0.15) is 5.75 Å². The summed E-state index contributed by atoms with van der Waals surface area (Å²) in [4.78, 5) is 4.30. The highest BCUT2D eigenvalue weighted by atomic mass is 35.5. The van der Waals surface area contributed by atoms with E-state index in [2.05, 4.69) is 18.0 Å². The first-order chi connectivity index (χ1) is 8.19. The van der Waals surface area contributed by atoms with Crippen molar-refractivity contribution in [3.8, 4) is 11.6 Å². The lowest BCUT2D eigenvalue weighted by Gasteiger charge is -2.08. The van der Waals surface area contributed by atoms with Crippen LogP contribution in [-0.2, 0) is 5.88 Å². The molecule has 88 valence electrons. The first-order valence-corrected chi connectivity index (χ1v) is 5.99. The summed E-state index contributed by atoms with van der Waals surface area (Å²) in [5.74, 6) is 1.80. The van der Waals surface area contributed by atoms with Crippen LogP contribution in [0.3, 0.4) is 0 Å². The van der Waals surface area contributed by atoms with Gasteiger partial charge in [-0.3, -0.25) is 0 Å². The molecule has 0 spiro atoms. The van der Waals surface area contributed by atoms with Gasteiger partial charge in [0, 0.05) is 6.07 Å². The second-order valence-electron chi connectivity index (χ2n) is 3.97. The van der Waals surface area contributed by atoms with Crippen molar-refractivity contribution in [1.82, 2.24) is 4.98 Å². The van der Waals surface area contributed by atoms with E-state index in [4.69, 9.17) is 16.3 Å². The van der Waals surface area contributed by atoms with E-state index in [0.29, 0.717) is 11.8 Å². The number of aromatic nitrogens is 1. The minimum absolute atomic E-state index is 0.393. The summed E-state index contributed by atoms with van der Waals surface area (Å²) in [5.41, 5.74) is 3.13. The highest BCUT2D eigenvalue weighted by Crippen LogP contribution is 2.24. The number of nitrogens with zero attached hydrogens (tertiary/aromatic N) is 1. The SMILES string of the molecule is Cc1ccc(Oc2cccc(CCl)n2)c(C)c1. The van der Waals surface area contributed by atoms with E-state index >= 15 is 0 Å². The first kappa shape index (κ1) is 11.9. The zero-order valence-corrected chi connectivity index (χ0v) is 10.7. The van der Waals surface area contributed by atoms with Crippen LogP contribution in [0.4, 0.5) is 0 Å². The fourth-order valence-corrected chi connectivity index (χ4v) is 1.76. The molecule has 0 aliphatic heterocycles. The molecule has 0 saturated carbocycles. The Balaban J connectivity index is 2.25. The number of hydrogen-bond donors (Lipinski definition) is 0. The van der Waals surface area contributed by atoms with Gasteiger partial charge in [-0.2, -0.15) is 0 Å². The molecule has 0 bridgehead atoms. The molecule has 1 heterocycles. The lowest BCUT2D eigenvalue weighted by atomic mass is 10.1. The maximum absolute atomic E-state index is 5.74. The molecule has 0 aliphatic rings. The molecule has 0 N–H and O–H groups in total. The average Bonchev–Trinajstić information content (AvgIpc) is 2.33. The van der Waals surface area contributed by atoms with Crippen molar-refractivity contribution in [2.75, 3.05) is 0 Å². The summed E-state index contributed by atoms with van der Waals surface area (Å²) < 4.78 is 5.74. The molecule has 0 radical (unpaired) electrons. The highest BCUT2D eigenvalue weighted by molar-refractivity contribution is 6.16. The summed E-state index contributed by atoms with van der Waals surface area (Å²) in [6.07, 6.45) is 0. The summed E-state index contributed by atoms with van der Waals surface area (Å²) in [6, 6.07) is 11.7. The molecular weight excluding hydrogens is 234 g/mol. The minimum atomic E-state index is 0.393. The van der Waals surface area contributed by atoms with Crippen molar-refractivity contribution in [1.29, 1.82) is 0 Å². The zero-order chi connectivity index (χ0) is 12.3. The van der Waals surface area contributed by atoms with Crippen LogP contribution < -0.4 is 4.74 Å². The lowest BCUT2D eigenvalue weighted by molar-refractivity contribution is 0.458. The summed E-state index contributed by atoms with van der Waals surface area (Å²) in [6.45, 7) is 4.08. The van der Waals surface area contributed by atoms with Gasteiger partial charge in [0.2, 0.25) is 5.88 Å². The molecular formula is C14H14ClNO. The second kappa shape index (κ2) is 5.19. The molecule has 0 atom stereocenters.